The van der Waals surface area contributed by atoms with E-state index in [4.69, 9.17) is 29.2 Å². The molecule has 314 valence electrons. The fourth-order valence-electron chi connectivity index (χ4n) is 5.29. The number of esters is 2. The van der Waals surface area contributed by atoms with Gasteiger partial charge in [-0.1, -0.05) is 0 Å². The number of rotatable bonds is 17. The van der Waals surface area contributed by atoms with E-state index in [0.717, 1.165) is 0 Å². The van der Waals surface area contributed by atoms with Crippen molar-refractivity contribution in [1.29, 1.82) is 0 Å². The number of aliphatic carboxylic acids is 2. The molecule has 2 aliphatic heterocycles. The Bertz CT molecular complexity index is 1390. The Kier molecular flexibility index (Phi) is 16.7. The number of imide groups is 2. The van der Waals surface area contributed by atoms with Crippen LogP contribution >= 0.6 is 0 Å². The normalized spacial score (nSPS) is 18.0. The van der Waals surface area contributed by atoms with E-state index >= 15 is 0 Å². The van der Waals surface area contributed by atoms with Gasteiger partial charge in [0.1, 0.15) is 23.3 Å². The van der Waals surface area contributed by atoms with Crippen LogP contribution in [0.5, 0.6) is 0 Å². The predicted octanol–water partition coefficient (Wildman–Crippen LogP) is -0.377. The van der Waals surface area contributed by atoms with Gasteiger partial charge in [-0.3, -0.25) is 38.6 Å². The highest BCUT2D eigenvalue weighted by atomic mass is 16.6. The van der Waals surface area contributed by atoms with Crippen LogP contribution in [0.2, 0.25) is 0 Å². The number of carbonyl (C=O) groups is 10. The van der Waals surface area contributed by atoms with E-state index < -0.39 is 121 Å². The van der Waals surface area contributed by atoms with Crippen molar-refractivity contribution in [2.24, 2.45) is 0 Å². The molecule has 2 aliphatic rings. The second kappa shape index (κ2) is 20.0. The predicted molar refractivity (Wildman–Crippen MR) is 188 cm³/mol. The van der Waals surface area contributed by atoms with E-state index in [1.807, 2.05) is 0 Å². The van der Waals surface area contributed by atoms with Crippen molar-refractivity contribution < 1.29 is 77.1 Å². The SMILES string of the molecule is C[C@H]([C@H](C)N1CC(=O)N(COC(=O)[C@H](CCC(=O)O)NC(=O)OC(C)(C)C)C(=O)C1)N1CC(=O)N(COC(=O)[C@H](CCC(=O)O)NC(=O)OC(C)(C)C)C(=O)C1. The molecule has 22 heteroatoms. The Hall–Kier alpha value is -5.38. The number of hydrogen-bond donors (Lipinski definition) is 4. The van der Waals surface area contributed by atoms with Gasteiger partial charge in [0, 0.05) is 24.9 Å². The number of alkyl carbamates (subject to hydrolysis) is 2. The lowest BCUT2D eigenvalue weighted by atomic mass is 10.1. The van der Waals surface area contributed by atoms with Crippen LogP contribution in [0, 0.1) is 0 Å². The first-order valence-electron chi connectivity index (χ1n) is 17.7. The average molecular weight is 801 g/mol. The molecule has 4 atom stereocenters. The Morgan fingerprint density at radius 2 is 0.875 bits per heavy atom. The molecule has 0 aliphatic carbocycles. The Labute approximate surface area is 323 Å². The van der Waals surface area contributed by atoms with Gasteiger partial charge in [0.25, 0.3) is 0 Å². The van der Waals surface area contributed by atoms with Crippen LogP contribution in [0.25, 0.3) is 0 Å². The van der Waals surface area contributed by atoms with Gasteiger partial charge in [-0.25, -0.2) is 29.0 Å². The lowest BCUT2D eigenvalue weighted by Crippen LogP contribution is -2.63. The molecule has 2 saturated heterocycles. The van der Waals surface area contributed by atoms with Crippen LogP contribution in [0.15, 0.2) is 0 Å². The smallest absolute Gasteiger partial charge is 0.408 e. The first kappa shape index (κ1) is 46.8. The zero-order valence-corrected chi connectivity index (χ0v) is 32.8. The van der Waals surface area contributed by atoms with Crippen LogP contribution < -0.4 is 10.6 Å². The number of piperazine rings is 2. The average Bonchev–Trinajstić information content (AvgIpc) is 3.04. The van der Waals surface area contributed by atoms with E-state index in [1.165, 1.54) is 9.80 Å². The largest absolute Gasteiger partial charge is 0.481 e. The minimum atomic E-state index is -1.45. The molecular weight excluding hydrogens is 748 g/mol. The zero-order valence-electron chi connectivity index (χ0n) is 32.8. The molecule has 0 spiro atoms. The highest BCUT2D eigenvalue weighted by Crippen LogP contribution is 2.19. The van der Waals surface area contributed by atoms with Gasteiger partial charge in [-0.15, -0.1) is 0 Å². The highest BCUT2D eigenvalue weighted by molar-refractivity contribution is 6.00. The summed E-state index contributed by atoms with van der Waals surface area (Å²) in [5.41, 5.74) is -1.84. The molecule has 0 aromatic rings. The summed E-state index contributed by atoms with van der Waals surface area (Å²) in [5.74, 6) is -7.64. The third kappa shape index (κ3) is 15.4. The van der Waals surface area contributed by atoms with Gasteiger partial charge in [0.15, 0.2) is 13.5 Å². The van der Waals surface area contributed by atoms with Crippen LogP contribution in [0.3, 0.4) is 0 Å². The maximum Gasteiger partial charge on any atom is 0.408 e. The summed E-state index contributed by atoms with van der Waals surface area (Å²) in [7, 11) is 0. The second-order valence-electron chi connectivity index (χ2n) is 15.2. The van der Waals surface area contributed by atoms with Gasteiger partial charge in [0.05, 0.1) is 26.2 Å². The molecule has 0 radical (unpaired) electrons. The quantitative estimate of drug-likeness (QED) is 0.0829. The number of carboxylic acid groups (broad SMARTS) is 2. The molecular formula is C34H52N6O16. The number of carboxylic acids is 2. The van der Waals surface area contributed by atoms with Crippen molar-refractivity contribution in [3.05, 3.63) is 0 Å². The molecule has 0 saturated carbocycles. The summed E-state index contributed by atoms with van der Waals surface area (Å²) < 4.78 is 20.5. The van der Waals surface area contributed by atoms with Crippen molar-refractivity contribution >= 4 is 59.7 Å². The molecule has 2 rings (SSSR count). The summed E-state index contributed by atoms with van der Waals surface area (Å²) in [4.78, 5) is 129. The number of amides is 6. The van der Waals surface area contributed by atoms with Crippen molar-refractivity contribution in [2.45, 2.75) is 116 Å². The standard InChI is InChI=1S/C34H52N6O16/c1-19(37-13-23(41)39(24(42)14-37)17-53-29(49)21(9-11-27(45)46)35-31(51)55-33(3,4)5)20(2)38-15-25(43)40(26(44)16-38)18-54-30(50)22(10-12-28(47)48)36-32(52)56-34(6,7)8/h19-22H,9-18H2,1-8H3,(H,35,51)(H,36,52)(H,45,46)(H,47,48)/t19-,20+,21-,22-/m0/s1. The highest BCUT2D eigenvalue weighted by Gasteiger charge is 2.41. The molecule has 2 heterocycles. The Morgan fingerprint density at radius 1 is 0.589 bits per heavy atom. The number of carbonyl (C=O) groups excluding carboxylic acids is 8. The first-order valence-corrected chi connectivity index (χ1v) is 17.7. The lowest BCUT2D eigenvalue weighted by molar-refractivity contribution is -0.170. The molecule has 0 unspecified atom stereocenters. The van der Waals surface area contributed by atoms with Crippen LogP contribution in [-0.2, 0) is 57.3 Å². The van der Waals surface area contributed by atoms with Gasteiger partial charge < -0.3 is 39.8 Å². The molecule has 6 amide bonds. The lowest BCUT2D eigenvalue weighted by Gasteiger charge is -2.43. The van der Waals surface area contributed by atoms with E-state index in [-0.39, 0.29) is 39.0 Å². The minimum absolute atomic E-state index is 0.314. The van der Waals surface area contributed by atoms with Crippen molar-refractivity contribution in [3.8, 4) is 0 Å². The Morgan fingerprint density at radius 3 is 1.12 bits per heavy atom. The van der Waals surface area contributed by atoms with Crippen LogP contribution in [0.1, 0.15) is 81.1 Å². The summed E-state index contributed by atoms with van der Waals surface area (Å²) in [6.07, 6.45) is -3.73. The monoisotopic (exact) mass is 800 g/mol. The fraction of sp³-hybridized carbons (Fsp3) is 0.706. The molecule has 2 fully saturated rings. The molecule has 22 nitrogen and oxygen atoms in total. The zero-order chi connectivity index (χ0) is 42.7. The van der Waals surface area contributed by atoms with E-state index in [9.17, 15) is 47.9 Å². The van der Waals surface area contributed by atoms with E-state index in [0.29, 0.717) is 9.80 Å². The van der Waals surface area contributed by atoms with Crippen molar-refractivity contribution in [3.63, 3.8) is 0 Å². The third-order valence-electron chi connectivity index (χ3n) is 8.32. The van der Waals surface area contributed by atoms with Crippen molar-refractivity contribution in [2.75, 3.05) is 39.6 Å². The summed E-state index contributed by atoms with van der Waals surface area (Å²) in [6.45, 7) is 9.98. The second-order valence-corrected chi connectivity index (χ2v) is 15.2. The van der Waals surface area contributed by atoms with Gasteiger partial charge in [0.2, 0.25) is 23.6 Å². The van der Waals surface area contributed by atoms with Crippen LogP contribution in [0.4, 0.5) is 9.59 Å². The number of nitrogens with zero attached hydrogens (tertiary/aromatic N) is 4. The van der Waals surface area contributed by atoms with Gasteiger partial charge in [-0.05, 0) is 68.2 Å². The molecule has 0 bridgehead atoms. The molecule has 0 aromatic carbocycles. The van der Waals surface area contributed by atoms with Crippen molar-refractivity contribution in [1.82, 2.24) is 30.2 Å². The number of ether oxygens (including phenoxy) is 4. The summed E-state index contributed by atoms with van der Waals surface area (Å²) in [5, 5.41) is 22.6. The maximum absolute atomic E-state index is 13.0. The summed E-state index contributed by atoms with van der Waals surface area (Å²) >= 11 is 0. The number of nitrogens with one attached hydrogen (secondary N) is 2. The minimum Gasteiger partial charge on any atom is -0.481 e. The van der Waals surface area contributed by atoms with E-state index in [2.05, 4.69) is 10.6 Å². The third-order valence-corrected chi connectivity index (χ3v) is 8.32. The maximum atomic E-state index is 13.0. The van der Waals surface area contributed by atoms with Crippen LogP contribution in [-0.4, -0.2) is 165 Å². The molecule has 56 heavy (non-hydrogen) atoms. The van der Waals surface area contributed by atoms with Gasteiger partial charge in [-0.2, -0.15) is 0 Å². The van der Waals surface area contributed by atoms with E-state index in [1.54, 1.807) is 55.4 Å². The first-order chi connectivity index (χ1) is 25.8. The van der Waals surface area contributed by atoms with Gasteiger partial charge >= 0.3 is 36.1 Å². The fourth-order valence-corrected chi connectivity index (χ4v) is 5.29. The summed E-state index contributed by atoms with van der Waals surface area (Å²) in [6, 6.07) is -4.06. The topological polar surface area (TPSA) is 285 Å². The molecule has 4 N–H and O–H groups in total. The Balaban J connectivity index is 1.98. The number of hydrogen-bond acceptors (Lipinski definition) is 16. The molecule has 0 aromatic heterocycles.